The Morgan fingerprint density at radius 1 is 1.34 bits per heavy atom. The van der Waals surface area contributed by atoms with Gasteiger partial charge < -0.3 is 26.3 Å². The number of anilines is 2. The molecule has 1 aliphatic heterocycles. The first kappa shape index (κ1) is 24.8. The van der Waals surface area contributed by atoms with E-state index < -0.39 is 11.4 Å². The van der Waals surface area contributed by atoms with Gasteiger partial charge in [0.2, 0.25) is 5.95 Å². The molecule has 11 heteroatoms. The predicted octanol–water partition coefficient (Wildman–Crippen LogP) is 2.04. The van der Waals surface area contributed by atoms with Crippen molar-refractivity contribution in [3.63, 3.8) is 0 Å². The van der Waals surface area contributed by atoms with Crippen LogP contribution in [0.25, 0.3) is 10.9 Å². The maximum Gasteiger partial charge on any atom is 0.221 e. The van der Waals surface area contributed by atoms with Gasteiger partial charge in [-0.25, -0.2) is 14.1 Å². The topological polar surface area (TPSA) is 133 Å². The third-order valence-electron chi connectivity index (χ3n) is 6.47. The molecule has 2 atom stereocenters. The van der Waals surface area contributed by atoms with Gasteiger partial charge in [0.05, 0.1) is 42.7 Å². The van der Waals surface area contributed by atoms with Gasteiger partial charge in [0, 0.05) is 30.7 Å². The van der Waals surface area contributed by atoms with E-state index in [0.717, 1.165) is 38.0 Å². The Kier molecular flexibility index (Phi) is 6.88. The monoisotopic (exact) mass is 486 g/mol. The first-order chi connectivity index (χ1) is 16.6. The Morgan fingerprint density at radius 3 is 2.83 bits per heavy atom. The third-order valence-corrected chi connectivity index (χ3v) is 6.47. The van der Waals surface area contributed by atoms with E-state index in [9.17, 15) is 9.50 Å². The zero-order valence-corrected chi connectivity index (χ0v) is 20.8. The van der Waals surface area contributed by atoms with E-state index in [4.69, 9.17) is 21.3 Å². The minimum absolute atomic E-state index is 0.0822. The molecule has 0 radical (unpaired) electrons. The lowest BCUT2D eigenvalue weighted by Crippen LogP contribution is -2.36. The normalized spacial score (nSPS) is 18.6. The largest absolute Gasteiger partial charge is 0.494 e. The van der Waals surface area contributed by atoms with E-state index in [2.05, 4.69) is 15.0 Å². The first-order valence-corrected chi connectivity index (χ1v) is 11.9. The molecule has 4 rings (SSSR count). The minimum Gasteiger partial charge on any atom is -0.494 e. The third kappa shape index (κ3) is 5.50. The number of nitrogens with two attached hydrogens (primary N) is 2. The van der Waals surface area contributed by atoms with Crippen LogP contribution in [0.4, 0.5) is 16.0 Å². The Morgan fingerprint density at radius 2 is 2.11 bits per heavy atom. The van der Waals surface area contributed by atoms with Crippen LogP contribution in [0.1, 0.15) is 40.0 Å². The fourth-order valence-corrected chi connectivity index (χ4v) is 4.62. The van der Waals surface area contributed by atoms with Crippen LogP contribution in [0.15, 0.2) is 29.5 Å². The van der Waals surface area contributed by atoms with Crippen molar-refractivity contribution in [3.8, 4) is 5.75 Å². The van der Waals surface area contributed by atoms with Crippen LogP contribution in [-0.4, -0.2) is 56.4 Å². The average molecular weight is 487 g/mol. The number of aliphatic hydroxyl groups is 1. The number of benzene rings is 1. The number of hydrogen-bond acceptors (Lipinski definition) is 8. The Hall–Kier alpha value is -3.34. The lowest BCUT2D eigenvalue weighted by molar-refractivity contribution is 0.0577. The molecule has 10 nitrogen and oxygen atoms in total. The number of aromatic nitrogens is 4. The van der Waals surface area contributed by atoms with Crippen LogP contribution in [-0.2, 0) is 6.54 Å². The molecule has 1 saturated heterocycles. The summed E-state index contributed by atoms with van der Waals surface area (Å²) >= 11 is 0. The Balaban J connectivity index is 1.65. The van der Waals surface area contributed by atoms with Crippen molar-refractivity contribution < 1.29 is 14.2 Å². The summed E-state index contributed by atoms with van der Waals surface area (Å²) in [6.45, 7) is 7.72. The van der Waals surface area contributed by atoms with Gasteiger partial charge in [0.1, 0.15) is 0 Å². The van der Waals surface area contributed by atoms with Crippen LogP contribution < -0.4 is 26.7 Å². The van der Waals surface area contributed by atoms with E-state index in [0.29, 0.717) is 22.9 Å². The summed E-state index contributed by atoms with van der Waals surface area (Å²) in [6.07, 6.45) is 6.96. The highest BCUT2D eigenvalue weighted by atomic mass is 19.1. The summed E-state index contributed by atoms with van der Waals surface area (Å²) in [6, 6.07) is 2.74. The molecule has 0 saturated carbocycles. The van der Waals surface area contributed by atoms with E-state index in [1.165, 1.54) is 23.9 Å². The first-order valence-electron chi connectivity index (χ1n) is 11.9. The van der Waals surface area contributed by atoms with E-state index in [1.807, 2.05) is 19.3 Å². The molecule has 3 heterocycles. The van der Waals surface area contributed by atoms with Crippen LogP contribution in [0.2, 0.25) is 0 Å². The van der Waals surface area contributed by atoms with Gasteiger partial charge in [-0.15, -0.1) is 0 Å². The van der Waals surface area contributed by atoms with Crippen LogP contribution in [0.5, 0.6) is 5.75 Å². The van der Waals surface area contributed by atoms with Crippen molar-refractivity contribution in [3.05, 3.63) is 35.8 Å². The number of hydrogen-bond donors (Lipinski definition) is 3. The number of fused-ring (bicyclic) bond motifs is 1. The molecular weight excluding hydrogens is 451 g/mol. The van der Waals surface area contributed by atoms with Crippen molar-refractivity contribution in [2.24, 2.45) is 10.9 Å². The van der Waals surface area contributed by atoms with Crippen molar-refractivity contribution in [2.45, 2.75) is 58.2 Å². The fraction of sp³-hybridized carbons (Fsp3) is 0.542. The van der Waals surface area contributed by atoms with Gasteiger partial charge in [-0.2, -0.15) is 5.10 Å². The van der Waals surface area contributed by atoms with E-state index >= 15 is 0 Å². The van der Waals surface area contributed by atoms with Crippen LogP contribution >= 0.6 is 0 Å². The van der Waals surface area contributed by atoms with Gasteiger partial charge in [-0.1, -0.05) is 6.42 Å². The second kappa shape index (κ2) is 9.73. The minimum atomic E-state index is -0.839. The number of methoxy groups -OCH3 is 1. The van der Waals surface area contributed by atoms with Crippen molar-refractivity contribution in [2.75, 3.05) is 36.7 Å². The number of nitrogen functional groups attached to an aromatic ring is 2. The molecule has 0 bridgehead atoms. The molecule has 190 valence electrons. The lowest BCUT2D eigenvalue weighted by Gasteiger charge is -2.27. The van der Waals surface area contributed by atoms with Gasteiger partial charge in [-0.05, 0) is 45.6 Å². The number of rotatable bonds is 6. The average Bonchev–Trinajstić information content (AvgIpc) is 3.09. The lowest BCUT2D eigenvalue weighted by atomic mass is 9.96. The number of halogens is 1. The smallest absolute Gasteiger partial charge is 0.221 e. The molecule has 2 aromatic heterocycles. The zero-order valence-electron chi connectivity index (χ0n) is 20.8. The second-order valence-electron chi connectivity index (χ2n) is 9.95. The molecule has 3 aromatic rings. The predicted molar refractivity (Wildman–Crippen MR) is 134 cm³/mol. The zero-order chi connectivity index (χ0) is 25.3. The summed E-state index contributed by atoms with van der Waals surface area (Å²) in [5.41, 5.74) is 7.07. The van der Waals surface area contributed by atoms with E-state index in [-0.39, 0.29) is 23.7 Å². The van der Waals surface area contributed by atoms with Crippen molar-refractivity contribution >= 4 is 22.5 Å². The molecule has 5 N–H and O–H groups in total. The molecule has 0 amide bonds. The van der Waals surface area contributed by atoms with Gasteiger partial charge in [-0.3, -0.25) is 9.67 Å². The summed E-state index contributed by atoms with van der Waals surface area (Å²) < 4.78 is 22.6. The maximum absolute atomic E-state index is 14.5. The molecule has 1 aromatic carbocycles. The van der Waals surface area contributed by atoms with Gasteiger partial charge >= 0.3 is 0 Å². The SMILES string of the molecule is COc1cc2nc(N)n(N)c(=NC(C)[C@H]3CCCCN(c4cnn(CC(C)(C)O)c4)C3)c2cc1F. The van der Waals surface area contributed by atoms with Gasteiger partial charge in [0.15, 0.2) is 17.1 Å². The highest BCUT2D eigenvalue weighted by molar-refractivity contribution is 5.80. The molecule has 1 aliphatic rings. The molecule has 35 heavy (non-hydrogen) atoms. The summed E-state index contributed by atoms with van der Waals surface area (Å²) in [5.74, 6) is 6.08. The van der Waals surface area contributed by atoms with E-state index in [1.54, 1.807) is 18.5 Å². The summed E-state index contributed by atoms with van der Waals surface area (Å²) in [7, 11) is 1.40. The maximum atomic E-state index is 14.5. The molecule has 1 fully saturated rings. The summed E-state index contributed by atoms with van der Waals surface area (Å²) in [5, 5.41) is 15.0. The number of nitrogens with zero attached hydrogens (tertiary/aromatic N) is 6. The molecular formula is C24H35FN8O2. The van der Waals surface area contributed by atoms with Gasteiger partial charge in [0.25, 0.3) is 0 Å². The molecule has 1 unspecified atom stereocenters. The quantitative estimate of drug-likeness (QED) is 0.454. The highest BCUT2D eigenvalue weighted by Gasteiger charge is 2.25. The van der Waals surface area contributed by atoms with Crippen LogP contribution in [0, 0.1) is 11.7 Å². The van der Waals surface area contributed by atoms with Crippen LogP contribution in [0.3, 0.4) is 0 Å². The molecule has 0 aliphatic carbocycles. The summed E-state index contributed by atoms with van der Waals surface area (Å²) in [4.78, 5) is 11.5. The molecule has 0 spiro atoms. The number of ether oxygens (including phenoxy) is 1. The van der Waals surface area contributed by atoms with Crippen molar-refractivity contribution in [1.29, 1.82) is 0 Å². The Labute approximate surface area is 204 Å². The Bertz CT molecular complexity index is 1260. The van der Waals surface area contributed by atoms with Crippen molar-refractivity contribution in [1.82, 2.24) is 19.4 Å². The standard InChI is InChI=1S/C24H35FN8O2/c1-15(29-22-18-9-19(25)21(35-4)10-20(18)30-23(26)33(22)27)16-7-5-6-8-31(12-16)17-11-28-32(13-17)14-24(2,3)34/h9-11,13,15-16,34H,5-8,12,14,27H2,1-4H3,(H2,26,30)/t15?,16-/m0/s1. The fourth-order valence-electron chi connectivity index (χ4n) is 4.62. The second-order valence-corrected chi connectivity index (χ2v) is 9.95. The highest BCUT2D eigenvalue weighted by Crippen LogP contribution is 2.26.